The second-order valence-electron chi connectivity index (χ2n) is 4.68. The van der Waals surface area contributed by atoms with E-state index >= 15 is 0 Å². The number of aromatic nitrogens is 1. The van der Waals surface area contributed by atoms with Gasteiger partial charge in [0, 0.05) is 32.9 Å². The molecule has 106 valence electrons. The number of unbranched alkanes of at least 4 members (excludes halogenated alkanes) is 1. The first kappa shape index (κ1) is 15.5. The molecule has 0 radical (unpaired) electrons. The zero-order valence-corrected chi connectivity index (χ0v) is 12.5. The van der Waals surface area contributed by atoms with Crippen LogP contribution in [0.4, 0.5) is 5.69 Å². The van der Waals surface area contributed by atoms with Crippen molar-refractivity contribution in [2.75, 3.05) is 31.6 Å². The van der Waals surface area contributed by atoms with E-state index in [2.05, 4.69) is 16.8 Å². The van der Waals surface area contributed by atoms with Crippen LogP contribution in [0.2, 0.25) is 0 Å². The summed E-state index contributed by atoms with van der Waals surface area (Å²) in [6.07, 6.45) is 5.77. The van der Waals surface area contributed by atoms with Crippen LogP contribution in [-0.4, -0.2) is 42.5 Å². The van der Waals surface area contributed by atoms with Gasteiger partial charge in [0.2, 0.25) is 0 Å². The van der Waals surface area contributed by atoms with Crippen molar-refractivity contribution in [2.24, 2.45) is 0 Å². The fourth-order valence-corrected chi connectivity index (χ4v) is 1.97. The Morgan fingerprint density at radius 2 is 1.89 bits per heavy atom. The lowest BCUT2D eigenvalue weighted by Gasteiger charge is -2.21. The van der Waals surface area contributed by atoms with Crippen molar-refractivity contribution in [3.8, 4) is 0 Å². The molecule has 1 aromatic heterocycles. The van der Waals surface area contributed by atoms with Gasteiger partial charge >= 0.3 is 0 Å². The fraction of sp³-hybridized carbons (Fsp3) is 0.600. The Kier molecular flexibility index (Phi) is 6.33. The molecule has 0 aliphatic heterocycles. The number of pyridine rings is 1. The van der Waals surface area contributed by atoms with Gasteiger partial charge in [-0.2, -0.15) is 0 Å². The molecule has 1 aromatic rings. The fourth-order valence-electron chi connectivity index (χ4n) is 1.97. The third-order valence-electron chi connectivity index (χ3n) is 3.31. The molecule has 4 heteroatoms. The maximum Gasteiger partial charge on any atom is 0.255 e. The first-order valence-corrected chi connectivity index (χ1v) is 7.09. The van der Waals surface area contributed by atoms with Crippen molar-refractivity contribution in [1.82, 2.24) is 9.88 Å². The molecule has 0 aromatic carbocycles. The number of hydrogen-bond donors (Lipinski definition) is 0. The average Bonchev–Trinajstić information content (AvgIpc) is 2.46. The van der Waals surface area contributed by atoms with Crippen LogP contribution in [0.15, 0.2) is 18.5 Å². The highest BCUT2D eigenvalue weighted by atomic mass is 16.2. The number of nitrogens with zero attached hydrogens (tertiary/aromatic N) is 3. The molecule has 0 aliphatic carbocycles. The second kappa shape index (κ2) is 7.77. The molecule has 1 amide bonds. The van der Waals surface area contributed by atoms with Crippen LogP contribution in [0.3, 0.4) is 0 Å². The van der Waals surface area contributed by atoms with E-state index < -0.39 is 0 Å². The van der Waals surface area contributed by atoms with Crippen molar-refractivity contribution in [3.63, 3.8) is 0 Å². The lowest BCUT2D eigenvalue weighted by Crippen LogP contribution is -2.30. The normalized spacial score (nSPS) is 10.3. The van der Waals surface area contributed by atoms with Crippen LogP contribution < -0.4 is 4.90 Å². The summed E-state index contributed by atoms with van der Waals surface area (Å²) in [6, 6.07) is 1.93. The first-order chi connectivity index (χ1) is 9.13. The summed E-state index contributed by atoms with van der Waals surface area (Å²) in [6.45, 7) is 8.60. The van der Waals surface area contributed by atoms with E-state index in [1.165, 1.54) is 0 Å². The van der Waals surface area contributed by atoms with Gasteiger partial charge in [-0.25, -0.2) is 0 Å². The minimum Gasteiger partial charge on any atom is -0.373 e. The van der Waals surface area contributed by atoms with Crippen molar-refractivity contribution in [2.45, 2.75) is 33.6 Å². The van der Waals surface area contributed by atoms with Gasteiger partial charge in [-0.05, 0) is 26.3 Å². The molecule has 0 unspecified atom stereocenters. The number of carbonyl (C=O) groups excluding carboxylic acids is 1. The lowest BCUT2D eigenvalue weighted by atomic mass is 10.2. The molecule has 0 N–H and O–H groups in total. The Hall–Kier alpha value is -1.58. The number of amides is 1. The molecule has 0 saturated heterocycles. The van der Waals surface area contributed by atoms with Gasteiger partial charge in [0.15, 0.2) is 0 Å². The van der Waals surface area contributed by atoms with E-state index in [1.54, 1.807) is 6.20 Å². The van der Waals surface area contributed by atoms with Crippen LogP contribution in [0.25, 0.3) is 0 Å². The zero-order valence-electron chi connectivity index (χ0n) is 12.5. The Labute approximate surface area is 116 Å². The quantitative estimate of drug-likeness (QED) is 0.759. The molecule has 0 bridgehead atoms. The summed E-state index contributed by atoms with van der Waals surface area (Å²) >= 11 is 0. The van der Waals surface area contributed by atoms with E-state index in [-0.39, 0.29) is 5.91 Å². The predicted molar refractivity (Wildman–Crippen MR) is 79.7 cm³/mol. The molecule has 0 spiro atoms. The average molecular weight is 263 g/mol. The summed E-state index contributed by atoms with van der Waals surface area (Å²) in [5.41, 5.74) is 1.68. The highest BCUT2D eigenvalue weighted by Gasteiger charge is 2.14. The summed E-state index contributed by atoms with van der Waals surface area (Å²) in [5.74, 6) is 0.0586. The Bertz CT molecular complexity index is 402. The van der Waals surface area contributed by atoms with Crippen LogP contribution >= 0.6 is 0 Å². The maximum atomic E-state index is 12.3. The van der Waals surface area contributed by atoms with Gasteiger partial charge in [-0.1, -0.05) is 13.3 Å². The lowest BCUT2D eigenvalue weighted by molar-refractivity contribution is 0.0772. The Morgan fingerprint density at radius 1 is 1.21 bits per heavy atom. The summed E-state index contributed by atoms with van der Waals surface area (Å²) in [5, 5.41) is 0. The molecule has 1 heterocycles. The SMILES string of the molecule is CCCCN(C)c1cncc(C(=O)N(CC)CC)c1. The van der Waals surface area contributed by atoms with Gasteiger partial charge in [-0.15, -0.1) is 0 Å². The topological polar surface area (TPSA) is 36.4 Å². The van der Waals surface area contributed by atoms with Gasteiger partial charge < -0.3 is 9.80 Å². The molecule has 0 aliphatic rings. The van der Waals surface area contributed by atoms with Gasteiger partial charge in [0.05, 0.1) is 17.4 Å². The number of rotatable bonds is 7. The minimum absolute atomic E-state index is 0.0586. The molecule has 4 nitrogen and oxygen atoms in total. The summed E-state index contributed by atoms with van der Waals surface area (Å²) in [4.78, 5) is 20.4. The first-order valence-electron chi connectivity index (χ1n) is 7.09. The predicted octanol–water partition coefficient (Wildman–Crippen LogP) is 2.80. The van der Waals surface area contributed by atoms with Crippen LogP contribution in [0.5, 0.6) is 0 Å². The standard InChI is InChI=1S/C15H25N3O/c1-5-8-9-17(4)14-10-13(11-16-12-14)15(19)18(6-2)7-3/h10-12H,5-9H2,1-4H3. The van der Waals surface area contributed by atoms with Crippen LogP contribution in [0, 0.1) is 0 Å². The van der Waals surface area contributed by atoms with Gasteiger partial charge in [0.25, 0.3) is 5.91 Å². The molecule has 19 heavy (non-hydrogen) atoms. The minimum atomic E-state index is 0.0586. The van der Waals surface area contributed by atoms with Crippen molar-refractivity contribution < 1.29 is 4.79 Å². The third-order valence-corrected chi connectivity index (χ3v) is 3.31. The Morgan fingerprint density at radius 3 is 2.47 bits per heavy atom. The number of hydrogen-bond acceptors (Lipinski definition) is 3. The second-order valence-corrected chi connectivity index (χ2v) is 4.68. The monoisotopic (exact) mass is 263 g/mol. The van der Waals surface area contributed by atoms with E-state index in [1.807, 2.05) is 38.1 Å². The molecular formula is C15H25N3O. The summed E-state index contributed by atoms with van der Waals surface area (Å²) in [7, 11) is 2.04. The molecule has 0 atom stereocenters. The van der Waals surface area contributed by atoms with Crippen molar-refractivity contribution in [1.29, 1.82) is 0 Å². The van der Waals surface area contributed by atoms with E-state index in [0.717, 1.165) is 38.2 Å². The number of carbonyl (C=O) groups is 1. The highest BCUT2D eigenvalue weighted by Crippen LogP contribution is 2.15. The largest absolute Gasteiger partial charge is 0.373 e. The molecule has 1 rings (SSSR count). The Balaban J connectivity index is 2.84. The van der Waals surface area contributed by atoms with Crippen molar-refractivity contribution >= 4 is 11.6 Å². The van der Waals surface area contributed by atoms with E-state index in [9.17, 15) is 4.79 Å². The van der Waals surface area contributed by atoms with Crippen molar-refractivity contribution in [3.05, 3.63) is 24.0 Å². The van der Waals surface area contributed by atoms with Crippen LogP contribution in [0.1, 0.15) is 44.0 Å². The highest BCUT2D eigenvalue weighted by molar-refractivity contribution is 5.94. The van der Waals surface area contributed by atoms with Gasteiger partial charge in [0.1, 0.15) is 0 Å². The molecule has 0 fully saturated rings. The maximum absolute atomic E-state index is 12.3. The summed E-state index contributed by atoms with van der Waals surface area (Å²) < 4.78 is 0. The number of anilines is 1. The smallest absolute Gasteiger partial charge is 0.255 e. The third kappa shape index (κ3) is 4.23. The molecule has 0 saturated carbocycles. The zero-order chi connectivity index (χ0) is 14.3. The van der Waals surface area contributed by atoms with E-state index in [4.69, 9.17) is 0 Å². The van der Waals surface area contributed by atoms with Gasteiger partial charge in [-0.3, -0.25) is 9.78 Å². The van der Waals surface area contributed by atoms with E-state index in [0.29, 0.717) is 5.56 Å². The van der Waals surface area contributed by atoms with Crippen LogP contribution in [-0.2, 0) is 0 Å². The molecular weight excluding hydrogens is 238 g/mol.